The molecule has 0 aliphatic rings. The summed E-state index contributed by atoms with van der Waals surface area (Å²) in [6, 6.07) is 14.9. The van der Waals surface area contributed by atoms with Gasteiger partial charge in [0.25, 0.3) is 0 Å². The predicted octanol–water partition coefficient (Wildman–Crippen LogP) is 4.43. The minimum Gasteiger partial charge on any atom is -0.398 e. The summed E-state index contributed by atoms with van der Waals surface area (Å²) in [5.41, 5.74) is 12.3. The number of hydrogen-bond donors (Lipinski definition) is 1. The third-order valence-electron chi connectivity index (χ3n) is 3.59. The van der Waals surface area contributed by atoms with Gasteiger partial charge in [-0.3, -0.25) is 0 Å². The molecule has 2 aromatic carbocycles. The maximum atomic E-state index is 6.15. The van der Waals surface area contributed by atoms with Crippen LogP contribution < -0.4 is 5.73 Å². The van der Waals surface area contributed by atoms with Gasteiger partial charge in [0.05, 0.1) is 0 Å². The summed E-state index contributed by atoms with van der Waals surface area (Å²) in [7, 11) is 0. The first kappa shape index (κ1) is 12.7. The summed E-state index contributed by atoms with van der Waals surface area (Å²) in [6.07, 6.45) is 1.07. The highest BCUT2D eigenvalue weighted by atomic mass is 14.6. The van der Waals surface area contributed by atoms with E-state index in [4.69, 9.17) is 5.73 Å². The Labute approximate surface area is 110 Å². The number of benzene rings is 2. The highest BCUT2D eigenvalue weighted by Crippen LogP contribution is 2.33. The Morgan fingerprint density at radius 2 is 1.72 bits per heavy atom. The maximum absolute atomic E-state index is 6.15. The second kappa shape index (κ2) is 5.26. The van der Waals surface area contributed by atoms with Gasteiger partial charge in [0.2, 0.25) is 0 Å². The van der Waals surface area contributed by atoms with E-state index in [2.05, 4.69) is 57.2 Å². The number of rotatable bonds is 3. The van der Waals surface area contributed by atoms with Crippen LogP contribution in [0.2, 0.25) is 0 Å². The van der Waals surface area contributed by atoms with Gasteiger partial charge in [0.1, 0.15) is 0 Å². The quantitative estimate of drug-likeness (QED) is 0.788. The first-order chi connectivity index (χ1) is 8.63. The average Bonchev–Trinajstić information content (AvgIpc) is 2.36. The second-order valence-electron chi connectivity index (χ2n) is 4.95. The number of aryl methyl sites for hydroxylation is 2. The molecule has 2 rings (SSSR count). The largest absolute Gasteiger partial charge is 0.398 e. The SMILES string of the molecule is CCC(c1ccccc1C)c1cc(C)ccc1N. The predicted molar refractivity (Wildman–Crippen MR) is 78.9 cm³/mol. The lowest BCUT2D eigenvalue weighted by Crippen LogP contribution is -2.05. The zero-order chi connectivity index (χ0) is 13.1. The molecule has 0 radical (unpaired) electrons. The van der Waals surface area contributed by atoms with Crippen molar-refractivity contribution in [1.29, 1.82) is 0 Å². The molecule has 0 saturated heterocycles. The molecule has 0 aromatic heterocycles. The Morgan fingerprint density at radius 1 is 1.00 bits per heavy atom. The molecular weight excluding hydrogens is 218 g/mol. The summed E-state index contributed by atoms with van der Waals surface area (Å²) in [6.45, 7) is 6.51. The van der Waals surface area contributed by atoms with Crippen LogP contribution in [0.5, 0.6) is 0 Å². The third kappa shape index (κ3) is 2.40. The highest BCUT2D eigenvalue weighted by molar-refractivity contribution is 5.54. The molecule has 2 aromatic rings. The molecule has 2 N–H and O–H groups in total. The van der Waals surface area contributed by atoms with Gasteiger partial charge >= 0.3 is 0 Å². The van der Waals surface area contributed by atoms with E-state index in [1.54, 1.807) is 0 Å². The Balaban J connectivity index is 2.52. The lowest BCUT2D eigenvalue weighted by atomic mass is 9.85. The summed E-state index contributed by atoms with van der Waals surface area (Å²) >= 11 is 0. The molecule has 0 saturated carbocycles. The molecule has 0 aliphatic heterocycles. The molecule has 0 amide bonds. The molecule has 1 atom stereocenters. The van der Waals surface area contributed by atoms with Crippen LogP contribution in [0.25, 0.3) is 0 Å². The van der Waals surface area contributed by atoms with Crippen LogP contribution in [0.3, 0.4) is 0 Å². The van der Waals surface area contributed by atoms with E-state index in [9.17, 15) is 0 Å². The minimum absolute atomic E-state index is 0.395. The van der Waals surface area contributed by atoms with Gasteiger partial charge in [-0.15, -0.1) is 0 Å². The minimum atomic E-state index is 0.395. The van der Waals surface area contributed by atoms with Crippen molar-refractivity contribution in [2.75, 3.05) is 5.73 Å². The highest BCUT2D eigenvalue weighted by Gasteiger charge is 2.16. The number of anilines is 1. The fourth-order valence-corrected chi connectivity index (χ4v) is 2.58. The Morgan fingerprint density at radius 3 is 2.39 bits per heavy atom. The van der Waals surface area contributed by atoms with Crippen molar-refractivity contribution in [2.45, 2.75) is 33.1 Å². The van der Waals surface area contributed by atoms with Crippen molar-refractivity contribution in [2.24, 2.45) is 0 Å². The van der Waals surface area contributed by atoms with Crippen LogP contribution in [-0.4, -0.2) is 0 Å². The van der Waals surface area contributed by atoms with E-state index in [0.29, 0.717) is 5.92 Å². The van der Waals surface area contributed by atoms with E-state index in [0.717, 1.165) is 12.1 Å². The smallest absolute Gasteiger partial charge is 0.0353 e. The molecule has 0 heterocycles. The van der Waals surface area contributed by atoms with Crippen molar-refractivity contribution in [1.82, 2.24) is 0 Å². The molecule has 0 aliphatic carbocycles. The Hall–Kier alpha value is -1.76. The van der Waals surface area contributed by atoms with Crippen LogP contribution in [0, 0.1) is 13.8 Å². The van der Waals surface area contributed by atoms with Crippen molar-refractivity contribution in [3.05, 3.63) is 64.7 Å². The van der Waals surface area contributed by atoms with Crippen LogP contribution in [0.4, 0.5) is 5.69 Å². The molecular formula is C17H21N. The molecule has 1 unspecified atom stereocenters. The van der Waals surface area contributed by atoms with Crippen LogP contribution in [0.15, 0.2) is 42.5 Å². The number of nitrogen functional groups attached to an aromatic ring is 1. The van der Waals surface area contributed by atoms with E-state index in [1.165, 1.54) is 22.3 Å². The first-order valence-electron chi connectivity index (χ1n) is 6.55. The molecule has 94 valence electrons. The van der Waals surface area contributed by atoms with Gasteiger partial charge < -0.3 is 5.73 Å². The van der Waals surface area contributed by atoms with Gasteiger partial charge in [-0.2, -0.15) is 0 Å². The molecule has 1 nitrogen and oxygen atoms in total. The lowest BCUT2D eigenvalue weighted by Gasteiger charge is -2.20. The molecule has 1 heteroatoms. The molecule has 0 fully saturated rings. The normalized spacial score (nSPS) is 12.4. The van der Waals surface area contributed by atoms with Gasteiger partial charge in [0, 0.05) is 11.6 Å². The lowest BCUT2D eigenvalue weighted by molar-refractivity contribution is 0.773. The fraction of sp³-hybridized carbons (Fsp3) is 0.294. The third-order valence-corrected chi connectivity index (χ3v) is 3.59. The average molecular weight is 239 g/mol. The Bertz CT molecular complexity index is 543. The zero-order valence-corrected chi connectivity index (χ0v) is 11.4. The molecule has 18 heavy (non-hydrogen) atoms. The monoisotopic (exact) mass is 239 g/mol. The van der Waals surface area contributed by atoms with Crippen molar-refractivity contribution in [3.63, 3.8) is 0 Å². The number of nitrogens with two attached hydrogens (primary N) is 1. The Kier molecular flexibility index (Phi) is 3.71. The van der Waals surface area contributed by atoms with E-state index < -0.39 is 0 Å². The van der Waals surface area contributed by atoms with Crippen LogP contribution in [-0.2, 0) is 0 Å². The molecule has 0 bridgehead atoms. The van der Waals surface area contributed by atoms with Crippen molar-refractivity contribution >= 4 is 5.69 Å². The van der Waals surface area contributed by atoms with Gasteiger partial charge in [-0.05, 0) is 43.0 Å². The van der Waals surface area contributed by atoms with Gasteiger partial charge in [0.15, 0.2) is 0 Å². The van der Waals surface area contributed by atoms with Gasteiger partial charge in [-0.25, -0.2) is 0 Å². The first-order valence-corrected chi connectivity index (χ1v) is 6.55. The van der Waals surface area contributed by atoms with Crippen LogP contribution >= 0.6 is 0 Å². The van der Waals surface area contributed by atoms with Crippen LogP contribution in [0.1, 0.15) is 41.5 Å². The zero-order valence-electron chi connectivity index (χ0n) is 11.4. The van der Waals surface area contributed by atoms with E-state index >= 15 is 0 Å². The van der Waals surface area contributed by atoms with E-state index in [-0.39, 0.29) is 0 Å². The van der Waals surface area contributed by atoms with Gasteiger partial charge in [-0.1, -0.05) is 48.9 Å². The summed E-state index contributed by atoms with van der Waals surface area (Å²) in [5, 5.41) is 0. The maximum Gasteiger partial charge on any atom is 0.0353 e. The summed E-state index contributed by atoms with van der Waals surface area (Å²) in [4.78, 5) is 0. The summed E-state index contributed by atoms with van der Waals surface area (Å²) < 4.78 is 0. The fourth-order valence-electron chi connectivity index (χ4n) is 2.58. The molecule has 0 spiro atoms. The van der Waals surface area contributed by atoms with E-state index in [1.807, 2.05) is 6.07 Å². The number of hydrogen-bond acceptors (Lipinski definition) is 1. The standard InChI is InChI=1S/C17H21N/c1-4-14(15-8-6-5-7-13(15)3)16-11-12(2)9-10-17(16)18/h5-11,14H,4,18H2,1-3H3. The van der Waals surface area contributed by atoms with Crippen molar-refractivity contribution < 1.29 is 0 Å². The second-order valence-corrected chi connectivity index (χ2v) is 4.95. The summed E-state index contributed by atoms with van der Waals surface area (Å²) in [5.74, 6) is 0.395. The van der Waals surface area contributed by atoms with Crippen molar-refractivity contribution in [3.8, 4) is 0 Å². The topological polar surface area (TPSA) is 26.0 Å².